The predicted octanol–water partition coefficient (Wildman–Crippen LogP) is 3.62. The molecule has 3 aromatic heterocycles. The van der Waals surface area contributed by atoms with Crippen LogP contribution in [0.5, 0.6) is 0 Å². The number of nitrogens with zero attached hydrogens (tertiary/aromatic N) is 5. The molecule has 1 atom stereocenters. The maximum atomic E-state index is 12.9. The minimum Gasteiger partial charge on any atom is -0.310 e. The van der Waals surface area contributed by atoms with E-state index in [1.165, 1.54) is 18.0 Å². The van der Waals surface area contributed by atoms with E-state index in [0.717, 1.165) is 6.42 Å². The third-order valence-electron chi connectivity index (χ3n) is 4.56. The number of amides is 1. The molecule has 0 saturated heterocycles. The number of aromatic nitrogens is 5. The molecule has 10 heteroatoms. The molecular weight excluding hydrogens is 424 g/mol. The zero-order valence-electron chi connectivity index (χ0n) is 16.4. The van der Waals surface area contributed by atoms with Gasteiger partial charge in [-0.05, 0) is 37.6 Å². The van der Waals surface area contributed by atoms with Gasteiger partial charge in [0, 0.05) is 12.7 Å². The van der Waals surface area contributed by atoms with E-state index in [2.05, 4.69) is 20.5 Å². The zero-order chi connectivity index (χ0) is 21.3. The standard InChI is InChI=1S/C20H19ClN6O2S/c1-3-10-26-18(29)14-6-4-5-7-15(14)27-19(26)24-25-20(27)30-12(2)17(28)23-16-9-8-13(21)11-22-16/h4-9,11-12H,3,10H2,1-2H3,(H,22,23,28). The fraction of sp³-hybridized carbons (Fsp3) is 0.250. The minimum absolute atomic E-state index is 0.0940. The van der Waals surface area contributed by atoms with E-state index in [9.17, 15) is 9.59 Å². The van der Waals surface area contributed by atoms with Crippen molar-refractivity contribution in [2.45, 2.75) is 37.2 Å². The van der Waals surface area contributed by atoms with E-state index in [4.69, 9.17) is 11.6 Å². The molecule has 1 amide bonds. The summed E-state index contributed by atoms with van der Waals surface area (Å²) in [5, 5.41) is 12.4. The van der Waals surface area contributed by atoms with Crippen LogP contribution in [-0.4, -0.2) is 35.3 Å². The van der Waals surface area contributed by atoms with Gasteiger partial charge in [0.15, 0.2) is 5.16 Å². The number of nitrogens with one attached hydrogen (secondary N) is 1. The molecule has 0 spiro atoms. The first-order valence-electron chi connectivity index (χ1n) is 9.45. The molecule has 1 aromatic carbocycles. The van der Waals surface area contributed by atoms with E-state index in [1.54, 1.807) is 29.7 Å². The molecule has 0 saturated carbocycles. The normalized spacial score (nSPS) is 12.4. The number of thioether (sulfide) groups is 1. The Hall–Kier alpha value is -2.91. The summed E-state index contributed by atoms with van der Waals surface area (Å²) in [6.45, 7) is 4.32. The van der Waals surface area contributed by atoms with E-state index < -0.39 is 5.25 Å². The number of rotatable bonds is 6. The SMILES string of the molecule is CCCn1c(=O)c2ccccc2n2c(SC(C)C(=O)Nc3ccc(Cl)cn3)nnc12. The summed E-state index contributed by atoms with van der Waals surface area (Å²) in [5.41, 5.74) is 0.618. The molecule has 0 aliphatic carbocycles. The van der Waals surface area contributed by atoms with Gasteiger partial charge in [-0.15, -0.1) is 10.2 Å². The third kappa shape index (κ3) is 3.78. The predicted molar refractivity (Wildman–Crippen MR) is 118 cm³/mol. The van der Waals surface area contributed by atoms with Crippen molar-refractivity contribution in [1.29, 1.82) is 0 Å². The average molecular weight is 443 g/mol. The summed E-state index contributed by atoms with van der Waals surface area (Å²) in [6.07, 6.45) is 2.26. The lowest BCUT2D eigenvalue weighted by Gasteiger charge is -2.12. The molecule has 0 fully saturated rings. The molecule has 0 aliphatic heterocycles. The van der Waals surface area contributed by atoms with Crippen LogP contribution in [0.1, 0.15) is 20.3 Å². The second-order valence-electron chi connectivity index (χ2n) is 6.70. The fourth-order valence-electron chi connectivity index (χ4n) is 3.12. The van der Waals surface area contributed by atoms with Crippen molar-refractivity contribution in [3.8, 4) is 0 Å². The van der Waals surface area contributed by atoms with Crippen molar-refractivity contribution in [3.05, 3.63) is 58.0 Å². The third-order valence-corrected chi connectivity index (χ3v) is 5.82. The van der Waals surface area contributed by atoms with Gasteiger partial charge >= 0.3 is 0 Å². The molecule has 3 heterocycles. The molecule has 0 bridgehead atoms. The highest BCUT2D eigenvalue weighted by molar-refractivity contribution is 8.00. The fourth-order valence-corrected chi connectivity index (χ4v) is 4.09. The van der Waals surface area contributed by atoms with Crippen molar-refractivity contribution in [3.63, 3.8) is 0 Å². The number of carbonyl (C=O) groups excluding carboxylic acids is 1. The van der Waals surface area contributed by atoms with Crippen molar-refractivity contribution >= 4 is 51.8 Å². The second-order valence-corrected chi connectivity index (χ2v) is 8.45. The second kappa shape index (κ2) is 8.45. The highest BCUT2D eigenvalue weighted by atomic mass is 35.5. The largest absolute Gasteiger partial charge is 0.310 e. The summed E-state index contributed by atoms with van der Waals surface area (Å²) in [5.74, 6) is 0.665. The van der Waals surface area contributed by atoms with Gasteiger partial charge in [0.05, 0.1) is 21.2 Å². The van der Waals surface area contributed by atoms with E-state index in [1.807, 2.05) is 29.5 Å². The number of halogens is 1. The number of carbonyl (C=O) groups is 1. The molecule has 4 rings (SSSR count). The Kier molecular flexibility index (Phi) is 5.74. The smallest absolute Gasteiger partial charge is 0.262 e. The molecule has 1 N–H and O–H groups in total. The quantitative estimate of drug-likeness (QED) is 0.458. The van der Waals surface area contributed by atoms with Crippen LogP contribution in [-0.2, 0) is 11.3 Å². The lowest BCUT2D eigenvalue weighted by Crippen LogP contribution is -2.24. The van der Waals surface area contributed by atoms with Crippen molar-refractivity contribution in [2.24, 2.45) is 0 Å². The summed E-state index contributed by atoms with van der Waals surface area (Å²) in [7, 11) is 0. The molecule has 30 heavy (non-hydrogen) atoms. The van der Waals surface area contributed by atoms with Gasteiger partial charge in [-0.25, -0.2) is 4.98 Å². The Bertz CT molecular complexity index is 1280. The Labute approximate surface area is 181 Å². The van der Waals surface area contributed by atoms with Crippen LogP contribution in [0.15, 0.2) is 52.5 Å². The van der Waals surface area contributed by atoms with Gasteiger partial charge in [-0.2, -0.15) is 0 Å². The molecule has 0 aliphatic rings. The van der Waals surface area contributed by atoms with Crippen molar-refractivity contribution in [1.82, 2.24) is 24.1 Å². The van der Waals surface area contributed by atoms with Crippen LogP contribution in [0.25, 0.3) is 16.7 Å². The first-order valence-corrected chi connectivity index (χ1v) is 10.7. The molecule has 8 nitrogen and oxygen atoms in total. The summed E-state index contributed by atoms with van der Waals surface area (Å²) < 4.78 is 3.46. The van der Waals surface area contributed by atoms with E-state index in [-0.39, 0.29) is 11.5 Å². The molecule has 4 aromatic rings. The van der Waals surface area contributed by atoms with Crippen LogP contribution >= 0.6 is 23.4 Å². The Balaban J connectivity index is 1.70. The van der Waals surface area contributed by atoms with Gasteiger partial charge in [-0.3, -0.25) is 18.6 Å². The van der Waals surface area contributed by atoms with Gasteiger partial charge < -0.3 is 5.32 Å². The van der Waals surface area contributed by atoms with Crippen LogP contribution in [0.4, 0.5) is 5.82 Å². The highest BCUT2D eigenvalue weighted by Crippen LogP contribution is 2.26. The van der Waals surface area contributed by atoms with Crippen LogP contribution in [0.2, 0.25) is 5.02 Å². The molecule has 1 unspecified atom stereocenters. The average Bonchev–Trinajstić information content (AvgIpc) is 3.16. The van der Waals surface area contributed by atoms with Crippen molar-refractivity contribution in [2.75, 3.05) is 5.32 Å². The Morgan fingerprint density at radius 2 is 2.03 bits per heavy atom. The molecule has 0 radical (unpaired) electrons. The first kappa shape index (κ1) is 20.4. The first-order chi connectivity index (χ1) is 14.5. The Morgan fingerprint density at radius 3 is 2.77 bits per heavy atom. The van der Waals surface area contributed by atoms with Crippen LogP contribution in [0.3, 0.4) is 0 Å². The Morgan fingerprint density at radius 1 is 1.23 bits per heavy atom. The van der Waals surface area contributed by atoms with Gasteiger partial charge in [0.2, 0.25) is 11.7 Å². The van der Waals surface area contributed by atoms with E-state index >= 15 is 0 Å². The number of benzene rings is 1. The minimum atomic E-state index is -0.472. The molecular formula is C20H19ClN6O2S. The van der Waals surface area contributed by atoms with Gasteiger partial charge in [0.1, 0.15) is 5.82 Å². The maximum absolute atomic E-state index is 12.9. The number of pyridine rings is 1. The van der Waals surface area contributed by atoms with Gasteiger partial charge in [-0.1, -0.05) is 42.4 Å². The number of hydrogen-bond donors (Lipinski definition) is 1. The summed E-state index contributed by atoms with van der Waals surface area (Å²) in [4.78, 5) is 29.6. The zero-order valence-corrected chi connectivity index (χ0v) is 17.9. The van der Waals surface area contributed by atoms with Crippen LogP contribution in [0, 0.1) is 0 Å². The summed E-state index contributed by atoms with van der Waals surface area (Å²) in [6, 6.07) is 10.6. The van der Waals surface area contributed by atoms with Gasteiger partial charge in [0.25, 0.3) is 5.56 Å². The summed E-state index contributed by atoms with van der Waals surface area (Å²) >= 11 is 7.10. The topological polar surface area (TPSA) is 94.2 Å². The lowest BCUT2D eigenvalue weighted by molar-refractivity contribution is -0.115. The van der Waals surface area contributed by atoms with E-state index in [0.29, 0.717) is 39.2 Å². The number of hydrogen-bond acceptors (Lipinski definition) is 6. The number of fused-ring (bicyclic) bond motifs is 3. The molecule has 154 valence electrons. The number of para-hydroxylation sites is 1. The maximum Gasteiger partial charge on any atom is 0.262 e. The van der Waals surface area contributed by atoms with Crippen molar-refractivity contribution < 1.29 is 4.79 Å². The van der Waals surface area contributed by atoms with Crippen LogP contribution < -0.4 is 10.9 Å². The number of aryl methyl sites for hydroxylation is 1. The number of anilines is 1. The highest BCUT2D eigenvalue weighted by Gasteiger charge is 2.21. The lowest BCUT2D eigenvalue weighted by atomic mass is 10.2. The monoisotopic (exact) mass is 442 g/mol.